The zero-order valence-corrected chi connectivity index (χ0v) is 7.40. The van der Waals surface area contributed by atoms with Gasteiger partial charge in [-0.2, -0.15) is 4.73 Å². The Morgan fingerprint density at radius 3 is 3.08 bits per heavy atom. The molecule has 70 valence electrons. The Morgan fingerprint density at radius 2 is 2.46 bits per heavy atom. The molecule has 1 aromatic rings. The highest BCUT2D eigenvalue weighted by atomic mass is 16.5. The molecule has 1 rings (SSSR count). The van der Waals surface area contributed by atoms with Crippen LogP contribution in [-0.2, 0) is 4.74 Å². The topological polar surface area (TPSA) is 53.2 Å². The van der Waals surface area contributed by atoms with E-state index in [-0.39, 0.29) is 5.56 Å². The smallest absolute Gasteiger partial charge is 0.344 e. The molecule has 0 spiro atoms. The molecular weight excluding hydrogens is 170 g/mol. The molecule has 0 amide bonds. The lowest BCUT2D eigenvalue weighted by atomic mass is 10.3. The summed E-state index contributed by atoms with van der Waals surface area (Å²) in [4.78, 5) is 11.2. The van der Waals surface area contributed by atoms with Crippen LogP contribution in [-0.4, -0.2) is 12.6 Å². The normalized spacial score (nSPS) is 9.62. The zero-order valence-electron chi connectivity index (χ0n) is 7.40. The first-order chi connectivity index (χ1) is 6.24. The van der Waals surface area contributed by atoms with Gasteiger partial charge in [-0.1, -0.05) is 6.92 Å². The van der Waals surface area contributed by atoms with Crippen molar-refractivity contribution in [1.29, 1.82) is 0 Å². The average Bonchev–Trinajstić information content (AvgIpc) is 2.14. The van der Waals surface area contributed by atoms with Crippen LogP contribution in [0.3, 0.4) is 0 Å². The fraction of sp³-hybridized carbons (Fsp3) is 0.333. The van der Waals surface area contributed by atoms with Crippen molar-refractivity contribution in [3.05, 3.63) is 35.3 Å². The zero-order chi connectivity index (χ0) is 9.68. The predicted molar refractivity (Wildman–Crippen MR) is 46.0 cm³/mol. The molecule has 0 fully saturated rings. The Balaban J connectivity index is 2.66. The second-order valence-corrected chi connectivity index (χ2v) is 2.59. The maximum atomic E-state index is 11.2. The highest BCUT2D eigenvalue weighted by Crippen LogP contribution is 1.97. The van der Waals surface area contributed by atoms with E-state index in [0.29, 0.717) is 11.3 Å². The molecule has 0 aromatic carbocycles. The van der Waals surface area contributed by atoms with Gasteiger partial charge in [-0.25, -0.2) is 4.79 Å². The number of carbonyl (C=O) groups is 1. The second-order valence-electron chi connectivity index (χ2n) is 2.59. The number of aromatic nitrogens is 1. The van der Waals surface area contributed by atoms with Crippen molar-refractivity contribution in [3.8, 4) is 0 Å². The largest absolute Gasteiger partial charge is 0.619 e. The molecule has 0 saturated carbocycles. The first-order valence-electron chi connectivity index (χ1n) is 4.10. The average molecular weight is 181 g/mol. The van der Waals surface area contributed by atoms with E-state index < -0.39 is 5.97 Å². The van der Waals surface area contributed by atoms with E-state index >= 15 is 0 Å². The highest BCUT2D eigenvalue weighted by molar-refractivity contribution is 5.88. The lowest BCUT2D eigenvalue weighted by Gasteiger charge is -2.01. The summed E-state index contributed by atoms with van der Waals surface area (Å²) in [6.07, 6.45) is 3.28. The number of ether oxygens (including phenoxy) is 1. The van der Waals surface area contributed by atoms with Crippen LogP contribution >= 0.6 is 0 Å². The van der Waals surface area contributed by atoms with Gasteiger partial charge in [0.25, 0.3) is 0 Å². The maximum absolute atomic E-state index is 11.2. The minimum Gasteiger partial charge on any atom is -0.619 e. The number of hydrogen-bond acceptors (Lipinski definition) is 3. The molecule has 0 aliphatic rings. The number of esters is 1. The molecule has 4 heteroatoms. The second kappa shape index (κ2) is 4.45. The van der Waals surface area contributed by atoms with Gasteiger partial charge < -0.3 is 9.94 Å². The maximum Gasteiger partial charge on any atom is 0.344 e. The van der Waals surface area contributed by atoms with E-state index in [9.17, 15) is 10.0 Å². The summed E-state index contributed by atoms with van der Waals surface area (Å²) in [5.41, 5.74) is 0.283. The summed E-state index contributed by atoms with van der Waals surface area (Å²) in [5, 5.41) is 10.8. The molecule has 0 unspecified atom stereocenters. The van der Waals surface area contributed by atoms with Crippen molar-refractivity contribution in [3.63, 3.8) is 0 Å². The van der Waals surface area contributed by atoms with Crippen molar-refractivity contribution in [2.45, 2.75) is 13.3 Å². The number of carbonyl (C=O) groups excluding carboxylic acids is 1. The van der Waals surface area contributed by atoms with Gasteiger partial charge in [0, 0.05) is 6.07 Å². The van der Waals surface area contributed by atoms with Crippen LogP contribution in [0.25, 0.3) is 0 Å². The van der Waals surface area contributed by atoms with Gasteiger partial charge in [0.1, 0.15) is 5.56 Å². The van der Waals surface area contributed by atoms with Crippen LogP contribution in [0.15, 0.2) is 24.5 Å². The summed E-state index contributed by atoms with van der Waals surface area (Å²) in [7, 11) is 0. The quantitative estimate of drug-likeness (QED) is 0.395. The summed E-state index contributed by atoms with van der Waals surface area (Å²) < 4.78 is 5.41. The first kappa shape index (κ1) is 9.51. The minimum absolute atomic E-state index is 0.283. The van der Waals surface area contributed by atoms with E-state index in [1.807, 2.05) is 6.92 Å². The molecular formula is C9H11NO3. The third-order valence-corrected chi connectivity index (χ3v) is 1.45. The summed E-state index contributed by atoms with van der Waals surface area (Å²) in [6.45, 7) is 2.29. The number of pyridine rings is 1. The molecule has 4 nitrogen and oxygen atoms in total. The van der Waals surface area contributed by atoms with Gasteiger partial charge in [0.05, 0.1) is 6.61 Å². The number of hydrogen-bond donors (Lipinski definition) is 0. The Hall–Kier alpha value is -1.58. The molecule has 0 aliphatic carbocycles. The molecule has 0 saturated heterocycles. The lowest BCUT2D eigenvalue weighted by molar-refractivity contribution is -0.605. The number of nitrogens with zero attached hydrogens (tertiary/aromatic N) is 1. The molecule has 0 N–H and O–H groups in total. The van der Waals surface area contributed by atoms with E-state index in [2.05, 4.69) is 0 Å². The van der Waals surface area contributed by atoms with Gasteiger partial charge in [0.2, 0.25) is 0 Å². The van der Waals surface area contributed by atoms with Crippen molar-refractivity contribution in [2.24, 2.45) is 0 Å². The fourth-order valence-corrected chi connectivity index (χ4v) is 0.854. The molecule has 0 bridgehead atoms. The summed E-state index contributed by atoms with van der Waals surface area (Å²) in [5.74, 6) is -0.452. The lowest BCUT2D eigenvalue weighted by Crippen LogP contribution is -2.26. The highest BCUT2D eigenvalue weighted by Gasteiger charge is 2.08. The van der Waals surface area contributed by atoms with Crippen LogP contribution in [0.5, 0.6) is 0 Å². The third-order valence-electron chi connectivity index (χ3n) is 1.45. The molecule has 1 aromatic heterocycles. The van der Waals surface area contributed by atoms with Crippen molar-refractivity contribution >= 4 is 5.97 Å². The summed E-state index contributed by atoms with van der Waals surface area (Å²) >= 11 is 0. The molecule has 1 heterocycles. The van der Waals surface area contributed by atoms with E-state index in [4.69, 9.17) is 4.74 Å². The fourth-order valence-electron chi connectivity index (χ4n) is 0.854. The Bertz CT molecular complexity index is 299. The van der Waals surface area contributed by atoms with Gasteiger partial charge in [-0.3, -0.25) is 0 Å². The van der Waals surface area contributed by atoms with Gasteiger partial charge in [-0.05, 0) is 12.5 Å². The number of rotatable bonds is 3. The van der Waals surface area contributed by atoms with Crippen LogP contribution in [0.4, 0.5) is 0 Å². The molecule has 13 heavy (non-hydrogen) atoms. The minimum atomic E-state index is -0.452. The standard InChI is InChI=1S/C9H11NO3/c1-2-6-13-9(11)8-4-3-5-10(12)7-8/h3-5,7H,2,6H2,1H3. The Kier molecular flexibility index (Phi) is 3.25. The molecule has 0 atom stereocenters. The monoisotopic (exact) mass is 181 g/mol. The third kappa shape index (κ3) is 2.74. The van der Waals surface area contributed by atoms with Gasteiger partial charge in [0.15, 0.2) is 12.4 Å². The van der Waals surface area contributed by atoms with Crippen LogP contribution in [0.1, 0.15) is 23.7 Å². The molecule has 0 aliphatic heterocycles. The van der Waals surface area contributed by atoms with E-state index in [0.717, 1.165) is 6.42 Å². The van der Waals surface area contributed by atoms with Crippen LogP contribution < -0.4 is 4.73 Å². The van der Waals surface area contributed by atoms with Crippen molar-refractivity contribution < 1.29 is 14.3 Å². The Labute approximate surface area is 76.3 Å². The van der Waals surface area contributed by atoms with Gasteiger partial charge >= 0.3 is 5.97 Å². The molecule has 0 radical (unpaired) electrons. The van der Waals surface area contributed by atoms with Crippen LogP contribution in [0.2, 0.25) is 0 Å². The Morgan fingerprint density at radius 1 is 1.69 bits per heavy atom. The SMILES string of the molecule is CCCOC(=O)c1ccc[n+]([O-])c1. The van der Waals surface area contributed by atoms with Crippen molar-refractivity contribution in [2.75, 3.05) is 6.61 Å². The van der Waals surface area contributed by atoms with Crippen LogP contribution in [0, 0.1) is 5.21 Å². The first-order valence-corrected chi connectivity index (χ1v) is 4.10. The summed E-state index contributed by atoms with van der Waals surface area (Å²) in [6, 6.07) is 3.06. The van der Waals surface area contributed by atoms with Crippen molar-refractivity contribution in [1.82, 2.24) is 0 Å². The van der Waals surface area contributed by atoms with E-state index in [1.165, 1.54) is 18.5 Å². The van der Waals surface area contributed by atoms with Gasteiger partial charge in [-0.15, -0.1) is 0 Å². The predicted octanol–water partition coefficient (Wildman–Crippen LogP) is 0.887. The van der Waals surface area contributed by atoms with E-state index in [1.54, 1.807) is 6.07 Å².